The number of nitrogens with zero attached hydrogens (tertiary/aromatic N) is 2. The van der Waals surface area contributed by atoms with E-state index in [4.69, 9.17) is 4.74 Å². The van der Waals surface area contributed by atoms with Crippen molar-refractivity contribution in [2.24, 2.45) is 0 Å². The van der Waals surface area contributed by atoms with Crippen LogP contribution in [-0.2, 0) is 6.54 Å². The van der Waals surface area contributed by atoms with E-state index in [1.54, 1.807) is 0 Å². The minimum Gasteiger partial charge on any atom is -0.494 e. The van der Waals surface area contributed by atoms with Gasteiger partial charge in [-0.25, -0.2) is 0 Å². The van der Waals surface area contributed by atoms with E-state index in [0.717, 1.165) is 52.6 Å². The summed E-state index contributed by atoms with van der Waals surface area (Å²) in [5, 5.41) is 7.07. The second kappa shape index (κ2) is 8.70. The van der Waals surface area contributed by atoms with Crippen molar-refractivity contribution in [1.29, 1.82) is 0 Å². The van der Waals surface area contributed by atoms with Crippen LogP contribution in [0, 0.1) is 0 Å². The van der Waals surface area contributed by atoms with Crippen molar-refractivity contribution in [3.63, 3.8) is 0 Å². The molecular weight excluding hydrogens is 412 g/mol. The van der Waals surface area contributed by atoms with Gasteiger partial charge >= 0.3 is 0 Å². The Bertz CT molecular complexity index is 1170. The van der Waals surface area contributed by atoms with Gasteiger partial charge in [-0.3, -0.25) is 4.79 Å². The maximum atomic E-state index is 13.2. The Labute approximate surface area is 195 Å². The van der Waals surface area contributed by atoms with E-state index in [1.165, 1.54) is 5.69 Å². The third-order valence-corrected chi connectivity index (χ3v) is 6.46. The second-order valence-electron chi connectivity index (χ2n) is 8.36. The molecule has 0 aromatic heterocycles. The lowest BCUT2D eigenvalue weighted by Crippen LogP contribution is -2.22. The normalized spacial score (nSPS) is 16.2. The smallest absolute Gasteiger partial charge is 0.258 e. The van der Waals surface area contributed by atoms with E-state index in [9.17, 15) is 4.79 Å². The number of ether oxygens (including phenoxy) is 1. The van der Waals surface area contributed by atoms with Gasteiger partial charge in [0.05, 0.1) is 24.5 Å². The quantitative estimate of drug-likeness (QED) is 0.497. The summed E-state index contributed by atoms with van der Waals surface area (Å²) in [4.78, 5) is 17.3. The Morgan fingerprint density at radius 2 is 1.70 bits per heavy atom. The van der Waals surface area contributed by atoms with E-state index in [1.807, 2.05) is 42.2 Å². The Balaban J connectivity index is 1.34. The van der Waals surface area contributed by atoms with E-state index in [0.29, 0.717) is 13.2 Å². The lowest BCUT2D eigenvalue weighted by Gasteiger charge is -2.21. The fraction of sp³-hybridized carbons (Fsp3) is 0.296. The summed E-state index contributed by atoms with van der Waals surface area (Å²) >= 11 is 0. The summed E-state index contributed by atoms with van der Waals surface area (Å²) in [5.74, 6) is 0.931. The Hall–Kier alpha value is -3.67. The average Bonchev–Trinajstić information content (AvgIpc) is 3.41. The molecule has 6 nitrogen and oxygen atoms in total. The molecule has 0 spiro atoms. The molecule has 5 rings (SSSR count). The number of carbonyl (C=O) groups is 1. The van der Waals surface area contributed by atoms with Crippen LogP contribution in [0.4, 0.5) is 22.7 Å². The van der Waals surface area contributed by atoms with Gasteiger partial charge in [-0.15, -0.1) is 0 Å². The lowest BCUT2D eigenvalue weighted by atomic mass is 10.1. The molecule has 2 N–H and O–H groups in total. The fourth-order valence-corrected chi connectivity index (χ4v) is 4.68. The molecule has 2 aliphatic heterocycles. The highest BCUT2D eigenvalue weighted by atomic mass is 16.5. The molecule has 0 radical (unpaired) electrons. The molecule has 2 heterocycles. The first-order valence-corrected chi connectivity index (χ1v) is 11.7. The van der Waals surface area contributed by atoms with E-state index < -0.39 is 0 Å². The minimum atomic E-state index is -0.0194. The lowest BCUT2D eigenvalue weighted by molar-refractivity contribution is 0.0996. The number of nitrogens with one attached hydrogen (secondary N) is 2. The van der Waals surface area contributed by atoms with Crippen LogP contribution in [0.5, 0.6) is 5.75 Å². The standard InChI is InChI=1S/C27H30N4O2/c1-4-30(5-2)20-9-13-23-19(15-20)17-31(27(23)32)21-10-14-24-25(16-21)29-26(28-24)18-7-11-22(12-8-18)33-6-3/h7-16,26,28-29H,4-6,17H2,1-3H3. The Kier molecular flexibility index (Phi) is 5.58. The Morgan fingerprint density at radius 1 is 0.939 bits per heavy atom. The summed E-state index contributed by atoms with van der Waals surface area (Å²) in [7, 11) is 0. The van der Waals surface area contributed by atoms with Gasteiger partial charge in [0.25, 0.3) is 5.91 Å². The molecule has 33 heavy (non-hydrogen) atoms. The molecule has 1 amide bonds. The summed E-state index contributed by atoms with van der Waals surface area (Å²) in [6.45, 7) is 9.44. The van der Waals surface area contributed by atoms with Crippen LogP contribution >= 0.6 is 0 Å². The number of benzene rings is 3. The molecule has 3 aromatic carbocycles. The predicted octanol–water partition coefficient (Wildman–Crippen LogP) is 5.63. The van der Waals surface area contributed by atoms with Gasteiger partial charge in [0.15, 0.2) is 0 Å². The van der Waals surface area contributed by atoms with Crippen molar-refractivity contribution in [3.8, 4) is 5.75 Å². The third kappa shape index (κ3) is 3.86. The number of rotatable bonds is 7. The van der Waals surface area contributed by atoms with Crippen molar-refractivity contribution in [2.75, 3.05) is 40.1 Å². The van der Waals surface area contributed by atoms with Crippen molar-refractivity contribution in [2.45, 2.75) is 33.5 Å². The van der Waals surface area contributed by atoms with Gasteiger partial charge in [-0.05, 0) is 80.4 Å². The number of anilines is 4. The highest BCUT2D eigenvalue weighted by Crippen LogP contribution is 2.40. The monoisotopic (exact) mass is 442 g/mol. The Morgan fingerprint density at radius 3 is 2.42 bits per heavy atom. The molecule has 1 atom stereocenters. The molecule has 3 aromatic rings. The largest absolute Gasteiger partial charge is 0.494 e. The molecule has 0 saturated heterocycles. The summed E-state index contributed by atoms with van der Waals surface area (Å²) in [6, 6.07) is 20.4. The SMILES string of the molecule is CCOc1ccc(C2Nc3ccc(N4Cc5cc(N(CC)CC)ccc5C4=O)cc3N2)cc1. The molecule has 0 aliphatic carbocycles. The van der Waals surface area contributed by atoms with Crippen molar-refractivity contribution in [3.05, 3.63) is 77.4 Å². The van der Waals surface area contributed by atoms with Crippen molar-refractivity contribution >= 4 is 28.7 Å². The number of carbonyl (C=O) groups excluding carboxylic acids is 1. The van der Waals surface area contributed by atoms with Gasteiger partial charge in [0, 0.05) is 30.0 Å². The first kappa shape index (κ1) is 21.2. The zero-order valence-corrected chi connectivity index (χ0v) is 19.4. The van der Waals surface area contributed by atoms with Gasteiger partial charge in [-0.1, -0.05) is 12.1 Å². The maximum Gasteiger partial charge on any atom is 0.258 e. The zero-order chi connectivity index (χ0) is 22.9. The van der Waals surface area contributed by atoms with Crippen molar-refractivity contribution < 1.29 is 9.53 Å². The van der Waals surface area contributed by atoms with Gasteiger partial charge in [0.2, 0.25) is 0 Å². The number of hydrogen-bond donors (Lipinski definition) is 2. The van der Waals surface area contributed by atoms with Crippen LogP contribution < -0.4 is 25.2 Å². The second-order valence-corrected chi connectivity index (χ2v) is 8.36. The number of hydrogen-bond acceptors (Lipinski definition) is 5. The van der Waals surface area contributed by atoms with E-state index in [-0.39, 0.29) is 12.1 Å². The molecule has 170 valence electrons. The number of fused-ring (bicyclic) bond motifs is 2. The van der Waals surface area contributed by atoms with Gasteiger partial charge < -0.3 is 25.2 Å². The fourth-order valence-electron chi connectivity index (χ4n) is 4.68. The molecular formula is C27H30N4O2. The average molecular weight is 443 g/mol. The van der Waals surface area contributed by atoms with Crippen LogP contribution in [0.25, 0.3) is 0 Å². The maximum absolute atomic E-state index is 13.2. The molecule has 6 heteroatoms. The van der Waals surface area contributed by atoms with Crippen LogP contribution in [-0.4, -0.2) is 25.6 Å². The van der Waals surface area contributed by atoms with Crippen LogP contribution in [0.3, 0.4) is 0 Å². The van der Waals surface area contributed by atoms with Crippen molar-refractivity contribution in [1.82, 2.24) is 0 Å². The minimum absolute atomic E-state index is 0.0194. The van der Waals surface area contributed by atoms with Gasteiger partial charge in [0.1, 0.15) is 11.9 Å². The highest BCUT2D eigenvalue weighted by Gasteiger charge is 2.30. The first-order chi connectivity index (χ1) is 16.1. The molecule has 0 bridgehead atoms. The third-order valence-electron chi connectivity index (χ3n) is 6.46. The summed E-state index contributed by atoms with van der Waals surface area (Å²) < 4.78 is 5.55. The topological polar surface area (TPSA) is 56.8 Å². The van der Waals surface area contributed by atoms with Gasteiger partial charge in [-0.2, -0.15) is 0 Å². The predicted molar refractivity (Wildman–Crippen MR) is 135 cm³/mol. The zero-order valence-electron chi connectivity index (χ0n) is 19.4. The summed E-state index contributed by atoms with van der Waals surface area (Å²) in [5.41, 5.74) is 7.12. The van der Waals surface area contributed by atoms with E-state index in [2.05, 4.69) is 59.7 Å². The van der Waals surface area contributed by atoms with Crippen LogP contribution in [0.2, 0.25) is 0 Å². The van der Waals surface area contributed by atoms with Crippen LogP contribution in [0.15, 0.2) is 60.7 Å². The number of amides is 1. The summed E-state index contributed by atoms with van der Waals surface area (Å²) in [6.07, 6.45) is -0.0194. The first-order valence-electron chi connectivity index (χ1n) is 11.7. The molecule has 1 unspecified atom stereocenters. The highest BCUT2D eigenvalue weighted by molar-refractivity contribution is 6.10. The molecule has 0 saturated carbocycles. The van der Waals surface area contributed by atoms with E-state index >= 15 is 0 Å². The van der Waals surface area contributed by atoms with Crippen LogP contribution in [0.1, 0.15) is 48.4 Å². The molecule has 0 fully saturated rings. The molecule has 2 aliphatic rings.